The van der Waals surface area contributed by atoms with E-state index in [9.17, 15) is 14.3 Å². The van der Waals surface area contributed by atoms with E-state index in [-0.39, 0.29) is 35.4 Å². The molecule has 3 rings (SSSR count). The third-order valence-corrected chi connectivity index (χ3v) is 5.07. The summed E-state index contributed by atoms with van der Waals surface area (Å²) in [5, 5.41) is 10.7. The van der Waals surface area contributed by atoms with Crippen molar-refractivity contribution in [3.05, 3.63) is 81.6 Å². The lowest BCUT2D eigenvalue weighted by atomic mass is 9.97. The summed E-state index contributed by atoms with van der Waals surface area (Å²) in [6.45, 7) is 1.69. The van der Waals surface area contributed by atoms with Crippen molar-refractivity contribution in [2.75, 3.05) is 13.2 Å². The van der Waals surface area contributed by atoms with Gasteiger partial charge in [-0.2, -0.15) is 0 Å². The van der Waals surface area contributed by atoms with E-state index < -0.39 is 11.8 Å². The van der Waals surface area contributed by atoms with Gasteiger partial charge in [0.2, 0.25) is 0 Å². The van der Waals surface area contributed by atoms with Crippen molar-refractivity contribution in [2.45, 2.75) is 13.3 Å². The van der Waals surface area contributed by atoms with Crippen LogP contribution in [0.2, 0.25) is 10.0 Å². The minimum Gasteiger partial charge on any atom is -0.507 e. The van der Waals surface area contributed by atoms with Crippen molar-refractivity contribution in [3.8, 4) is 22.6 Å². The van der Waals surface area contributed by atoms with Gasteiger partial charge < -0.3 is 14.6 Å². The summed E-state index contributed by atoms with van der Waals surface area (Å²) >= 11 is 12.7. The second-order valence-electron chi connectivity index (χ2n) is 6.46. The summed E-state index contributed by atoms with van der Waals surface area (Å²) in [5.41, 5.74) is 2.10. The first-order valence-electron chi connectivity index (χ1n) is 9.22. The Morgan fingerprint density at radius 2 is 1.73 bits per heavy atom. The molecule has 3 aromatic carbocycles. The number of carbonyl (C=O) groups excluding carboxylic acids is 1. The molecule has 7 heteroatoms. The molecule has 3 aromatic rings. The number of halogens is 3. The summed E-state index contributed by atoms with van der Waals surface area (Å²) in [6, 6.07) is 14.9. The first kappa shape index (κ1) is 21.9. The predicted octanol–water partition coefficient (Wildman–Crippen LogP) is 6.04. The zero-order valence-corrected chi connectivity index (χ0v) is 17.6. The Balaban J connectivity index is 1.86. The van der Waals surface area contributed by atoms with Gasteiger partial charge in [0, 0.05) is 28.1 Å². The number of esters is 1. The molecule has 0 radical (unpaired) electrons. The van der Waals surface area contributed by atoms with E-state index in [1.807, 2.05) is 30.3 Å². The molecule has 0 saturated heterocycles. The van der Waals surface area contributed by atoms with E-state index in [0.717, 1.165) is 11.6 Å². The van der Waals surface area contributed by atoms with Crippen LogP contribution < -0.4 is 4.74 Å². The molecule has 0 spiro atoms. The second kappa shape index (κ2) is 9.83. The Hall–Kier alpha value is -2.76. The second-order valence-corrected chi connectivity index (χ2v) is 7.28. The SMILES string of the molecule is CCOC(=O)COc1cc(Cl)c(Cc2cc(-c3ccccc3)c(O)cc2F)c(Cl)c1. The molecule has 30 heavy (non-hydrogen) atoms. The zero-order valence-electron chi connectivity index (χ0n) is 16.1. The Bertz CT molecular complexity index is 1030. The van der Waals surface area contributed by atoms with Crippen LogP contribution in [0.5, 0.6) is 11.5 Å². The minimum absolute atomic E-state index is 0.113. The molecule has 0 unspecified atom stereocenters. The fraction of sp³-hybridized carbons (Fsp3) is 0.174. The van der Waals surface area contributed by atoms with Gasteiger partial charge in [0.25, 0.3) is 0 Å². The number of hydrogen-bond acceptors (Lipinski definition) is 4. The Morgan fingerprint density at radius 3 is 2.37 bits per heavy atom. The molecule has 0 saturated carbocycles. The molecule has 0 aliphatic rings. The number of aromatic hydroxyl groups is 1. The van der Waals surface area contributed by atoms with Crippen LogP contribution in [0.25, 0.3) is 11.1 Å². The van der Waals surface area contributed by atoms with Crippen LogP contribution in [0.3, 0.4) is 0 Å². The van der Waals surface area contributed by atoms with Crippen molar-refractivity contribution < 1.29 is 23.8 Å². The third kappa shape index (κ3) is 5.23. The van der Waals surface area contributed by atoms with Crippen LogP contribution in [0.4, 0.5) is 4.39 Å². The Kier molecular flexibility index (Phi) is 7.19. The van der Waals surface area contributed by atoms with Crippen LogP contribution in [0.1, 0.15) is 18.1 Å². The van der Waals surface area contributed by atoms with Gasteiger partial charge in [-0.25, -0.2) is 9.18 Å². The van der Waals surface area contributed by atoms with E-state index in [0.29, 0.717) is 22.4 Å². The van der Waals surface area contributed by atoms with Crippen molar-refractivity contribution in [3.63, 3.8) is 0 Å². The molecule has 1 N–H and O–H groups in total. The number of carbonyl (C=O) groups is 1. The van der Waals surface area contributed by atoms with Gasteiger partial charge in [-0.1, -0.05) is 53.5 Å². The van der Waals surface area contributed by atoms with E-state index in [4.69, 9.17) is 32.7 Å². The van der Waals surface area contributed by atoms with Gasteiger partial charge >= 0.3 is 5.97 Å². The topological polar surface area (TPSA) is 55.8 Å². The van der Waals surface area contributed by atoms with Crippen LogP contribution in [-0.4, -0.2) is 24.3 Å². The van der Waals surface area contributed by atoms with E-state index in [1.165, 1.54) is 12.1 Å². The molecular formula is C23H19Cl2FO4. The lowest BCUT2D eigenvalue weighted by Crippen LogP contribution is -2.14. The van der Waals surface area contributed by atoms with Crippen molar-refractivity contribution in [2.24, 2.45) is 0 Å². The summed E-state index contributed by atoms with van der Waals surface area (Å²) in [7, 11) is 0. The molecular weight excluding hydrogens is 430 g/mol. The average Bonchev–Trinajstić information content (AvgIpc) is 2.71. The Morgan fingerprint density at radius 1 is 1.07 bits per heavy atom. The maximum Gasteiger partial charge on any atom is 0.344 e. The molecule has 0 bridgehead atoms. The fourth-order valence-electron chi connectivity index (χ4n) is 2.96. The maximum absolute atomic E-state index is 14.5. The lowest BCUT2D eigenvalue weighted by Gasteiger charge is -2.13. The highest BCUT2D eigenvalue weighted by atomic mass is 35.5. The molecule has 0 aromatic heterocycles. The van der Waals surface area contributed by atoms with Gasteiger partial charge in [0.05, 0.1) is 6.61 Å². The first-order chi connectivity index (χ1) is 14.4. The molecule has 0 atom stereocenters. The zero-order chi connectivity index (χ0) is 21.7. The number of rotatable bonds is 7. The first-order valence-corrected chi connectivity index (χ1v) is 9.97. The number of phenols is 1. The highest BCUT2D eigenvalue weighted by Gasteiger charge is 2.16. The molecule has 4 nitrogen and oxygen atoms in total. The smallest absolute Gasteiger partial charge is 0.344 e. The van der Waals surface area contributed by atoms with E-state index in [2.05, 4.69) is 0 Å². The fourth-order valence-corrected chi connectivity index (χ4v) is 3.56. The van der Waals surface area contributed by atoms with Gasteiger partial charge in [0.15, 0.2) is 6.61 Å². The minimum atomic E-state index is -0.568. The van der Waals surface area contributed by atoms with Gasteiger partial charge in [-0.3, -0.25) is 0 Å². The molecule has 0 amide bonds. The highest BCUT2D eigenvalue weighted by molar-refractivity contribution is 6.36. The van der Waals surface area contributed by atoms with Gasteiger partial charge in [-0.15, -0.1) is 0 Å². The largest absolute Gasteiger partial charge is 0.507 e. The van der Waals surface area contributed by atoms with Crippen LogP contribution in [0, 0.1) is 5.82 Å². The van der Waals surface area contributed by atoms with E-state index >= 15 is 0 Å². The number of benzene rings is 3. The summed E-state index contributed by atoms with van der Waals surface area (Å²) in [4.78, 5) is 11.4. The number of hydrogen-bond donors (Lipinski definition) is 1. The standard InChI is InChI=1S/C23H19Cl2FO4/c1-2-29-23(28)13-30-16-10-19(24)18(20(25)11-16)9-15-8-17(22(27)12-21(15)26)14-6-4-3-5-7-14/h3-8,10-12,27H,2,9,13H2,1H3. The lowest BCUT2D eigenvalue weighted by molar-refractivity contribution is -0.145. The van der Waals surface area contributed by atoms with E-state index in [1.54, 1.807) is 13.0 Å². The quantitative estimate of drug-likeness (QED) is 0.447. The Labute approximate surface area is 183 Å². The van der Waals surface area contributed by atoms with Crippen LogP contribution in [-0.2, 0) is 16.0 Å². The van der Waals surface area contributed by atoms with Crippen LogP contribution >= 0.6 is 23.2 Å². The molecule has 0 aliphatic heterocycles. The predicted molar refractivity (Wildman–Crippen MR) is 115 cm³/mol. The molecule has 0 aliphatic carbocycles. The van der Waals surface area contributed by atoms with Crippen molar-refractivity contribution >= 4 is 29.2 Å². The normalized spacial score (nSPS) is 10.7. The summed E-state index contributed by atoms with van der Waals surface area (Å²) in [5.74, 6) is -0.921. The summed E-state index contributed by atoms with van der Waals surface area (Å²) < 4.78 is 24.7. The average molecular weight is 449 g/mol. The third-order valence-electron chi connectivity index (χ3n) is 4.39. The number of phenolic OH excluding ortho intramolecular Hbond substituents is 1. The van der Waals surface area contributed by atoms with Gasteiger partial charge in [-0.05, 0) is 41.8 Å². The van der Waals surface area contributed by atoms with Gasteiger partial charge in [0.1, 0.15) is 17.3 Å². The highest BCUT2D eigenvalue weighted by Crippen LogP contribution is 2.36. The summed E-state index contributed by atoms with van der Waals surface area (Å²) in [6.07, 6.45) is 0.113. The molecule has 0 heterocycles. The van der Waals surface area contributed by atoms with Crippen molar-refractivity contribution in [1.82, 2.24) is 0 Å². The molecule has 0 fully saturated rings. The van der Waals surface area contributed by atoms with Crippen LogP contribution in [0.15, 0.2) is 54.6 Å². The number of ether oxygens (including phenoxy) is 2. The maximum atomic E-state index is 14.5. The molecule has 156 valence electrons. The van der Waals surface area contributed by atoms with Crippen molar-refractivity contribution in [1.29, 1.82) is 0 Å². The monoisotopic (exact) mass is 448 g/mol.